The highest BCUT2D eigenvalue weighted by molar-refractivity contribution is 5.91. The summed E-state index contributed by atoms with van der Waals surface area (Å²) < 4.78 is 5.04. The maximum atomic E-state index is 11.9. The summed E-state index contributed by atoms with van der Waals surface area (Å²) in [5.74, 6) is 0.579. The summed E-state index contributed by atoms with van der Waals surface area (Å²) in [5.41, 5.74) is 10.9. The van der Waals surface area contributed by atoms with Crippen LogP contribution in [0.3, 0.4) is 0 Å². The molecule has 1 aromatic heterocycles. The number of nitrogens with one attached hydrogen (secondary N) is 2. The van der Waals surface area contributed by atoms with Crippen LogP contribution in [0.15, 0.2) is 48.8 Å². The van der Waals surface area contributed by atoms with Gasteiger partial charge in [0.2, 0.25) is 0 Å². The molecule has 0 aliphatic carbocycles. The van der Waals surface area contributed by atoms with E-state index in [2.05, 4.69) is 20.6 Å². The van der Waals surface area contributed by atoms with Crippen LogP contribution in [0.25, 0.3) is 0 Å². The highest BCUT2D eigenvalue weighted by Crippen LogP contribution is 2.29. The minimum absolute atomic E-state index is 0.322. The summed E-state index contributed by atoms with van der Waals surface area (Å²) >= 11 is 0. The largest absolute Gasteiger partial charge is 0.462 e. The molecule has 0 bridgehead atoms. The summed E-state index contributed by atoms with van der Waals surface area (Å²) in [6, 6.07) is 13.1. The fraction of sp³-hybridized carbons (Fsp3) is 0.190. The topological polar surface area (TPSA) is 102 Å². The number of esters is 1. The smallest absolute Gasteiger partial charge is 0.338 e. The van der Waals surface area contributed by atoms with Crippen molar-refractivity contribution < 1.29 is 9.53 Å². The standard InChI is InChI=1S/C21H23N5O2/c1-4-28-21(27)15-6-5-7-16(11-15)25-19-18(22)20(24-12-23-19)26-17-10-13(2)8-9-14(17)3/h5-12H,4,22H2,1-3H3,(H2,23,24,25,26). The Labute approximate surface area is 164 Å². The van der Waals surface area contributed by atoms with Gasteiger partial charge in [-0.2, -0.15) is 0 Å². The van der Waals surface area contributed by atoms with Gasteiger partial charge in [0.05, 0.1) is 12.2 Å². The van der Waals surface area contributed by atoms with E-state index in [1.807, 2.05) is 38.1 Å². The molecule has 144 valence electrons. The molecule has 3 rings (SSSR count). The van der Waals surface area contributed by atoms with Crippen molar-refractivity contribution in [1.29, 1.82) is 0 Å². The van der Waals surface area contributed by atoms with Gasteiger partial charge in [0, 0.05) is 11.4 Å². The lowest BCUT2D eigenvalue weighted by atomic mass is 10.1. The Bertz CT molecular complexity index is 1000. The summed E-state index contributed by atoms with van der Waals surface area (Å²) in [6.45, 7) is 6.13. The SMILES string of the molecule is CCOC(=O)c1cccc(Nc2ncnc(Nc3cc(C)ccc3C)c2N)c1. The molecular weight excluding hydrogens is 354 g/mol. The highest BCUT2D eigenvalue weighted by Gasteiger charge is 2.12. The van der Waals surface area contributed by atoms with E-state index in [9.17, 15) is 4.79 Å². The van der Waals surface area contributed by atoms with Crippen LogP contribution < -0.4 is 16.4 Å². The van der Waals surface area contributed by atoms with Gasteiger partial charge in [-0.3, -0.25) is 0 Å². The Morgan fingerprint density at radius 3 is 2.57 bits per heavy atom. The predicted octanol–water partition coefficient (Wildman–Crippen LogP) is 4.34. The number of hydrogen-bond donors (Lipinski definition) is 3. The van der Waals surface area contributed by atoms with Crippen molar-refractivity contribution in [1.82, 2.24) is 9.97 Å². The molecule has 0 atom stereocenters. The second-order valence-corrected chi connectivity index (χ2v) is 6.35. The number of carbonyl (C=O) groups excluding carboxylic acids is 1. The van der Waals surface area contributed by atoms with Crippen LogP contribution in [-0.4, -0.2) is 22.5 Å². The molecule has 3 aromatic rings. The van der Waals surface area contributed by atoms with Crippen LogP contribution in [0, 0.1) is 13.8 Å². The number of nitrogens with two attached hydrogens (primary N) is 1. The molecule has 7 nitrogen and oxygen atoms in total. The zero-order chi connectivity index (χ0) is 20.1. The summed E-state index contributed by atoms with van der Waals surface area (Å²) in [5, 5.41) is 6.40. The average molecular weight is 377 g/mol. The Hall–Kier alpha value is -3.61. The molecule has 1 heterocycles. The first-order valence-corrected chi connectivity index (χ1v) is 8.97. The van der Waals surface area contributed by atoms with E-state index < -0.39 is 0 Å². The normalized spacial score (nSPS) is 10.4. The minimum atomic E-state index is -0.376. The van der Waals surface area contributed by atoms with E-state index in [1.54, 1.807) is 25.1 Å². The zero-order valence-corrected chi connectivity index (χ0v) is 16.1. The van der Waals surface area contributed by atoms with Crippen LogP contribution >= 0.6 is 0 Å². The molecule has 7 heteroatoms. The number of aromatic nitrogens is 2. The highest BCUT2D eigenvalue weighted by atomic mass is 16.5. The third kappa shape index (κ3) is 4.37. The number of hydrogen-bond acceptors (Lipinski definition) is 7. The van der Waals surface area contributed by atoms with E-state index in [1.165, 1.54) is 6.33 Å². The van der Waals surface area contributed by atoms with Crippen LogP contribution in [-0.2, 0) is 4.74 Å². The number of ether oxygens (including phenoxy) is 1. The van der Waals surface area contributed by atoms with Crippen LogP contribution in [0.2, 0.25) is 0 Å². The van der Waals surface area contributed by atoms with Crippen molar-refractivity contribution in [2.45, 2.75) is 20.8 Å². The van der Waals surface area contributed by atoms with Gasteiger partial charge < -0.3 is 21.1 Å². The fourth-order valence-electron chi connectivity index (χ4n) is 2.67. The van der Waals surface area contributed by atoms with Gasteiger partial charge in [-0.25, -0.2) is 14.8 Å². The van der Waals surface area contributed by atoms with Crippen LogP contribution in [0.4, 0.5) is 28.7 Å². The van der Waals surface area contributed by atoms with Gasteiger partial charge in [-0.15, -0.1) is 0 Å². The maximum absolute atomic E-state index is 11.9. The molecule has 0 aliphatic heterocycles. The van der Waals surface area contributed by atoms with Gasteiger partial charge in [-0.05, 0) is 56.2 Å². The molecule has 28 heavy (non-hydrogen) atoms. The number of aryl methyl sites for hydroxylation is 2. The molecule has 2 aromatic carbocycles. The first kappa shape index (κ1) is 19.2. The lowest BCUT2D eigenvalue weighted by Gasteiger charge is -2.14. The third-order valence-corrected chi connectivity index (χ3v) is 4.17. The molecule has 0 spiro atoms. The molecule has 0 aliphatic rings. The second kappa shape index (κ2) is 8.39. The molecule has 0 radical (unpaired) electrons. The van der Waals surface area contributed by atoms with Crippen molar-refractivity contribution in [3.63, 3.8) is 0 Å². The van der Waals surface area contributed by atoms with Gasteiger partial charge in [0.25, 0.3) is 0 Å². The van der Waals surface area contributed by atoms with Gasteiger partial charge in [0.15, 0.2) is 11.6 Å². The maximum Gasteiger partial charge on any atom is 0.338 e. The van der Waals surface area contributed by atoms with Crippen LogP contribution in [0.1, 0.15) is 28.4 Å². The lowest BCUT2D eigenvalue weighted by molar-refractivity contribution is 0.0526. The Kier molecular flexibility index (Phi) is 5.74. The number of nitrogen functional groups attached to an aromatic ring is 1. The molecular formula is C21H23N5O2. The van der Waals surface area contributed by atoms with Crippen molar-refractivity contribution in [2.75, 3.05) is 23.0 Å². The molecule has 0 saturated carbocycles. The number of carbonyl (C=O) groups is 1. The van der Waals surface area contributed by atoms with Gasteiger partial charge in [0.1, 0.15) is 12.0 Å². The predicted molar refractivity (Wildman–Crippen MR) is 111 cm³/mol. The summed E-state index contributed by atoms with van der Waals surface area (Å²) in [7, 11) is 0. The van der Waals surface area contributed by atoms with Gasteiger partial charge in [-0.1, -0.05) is 18.2 Å². The average Bonchev–Trinajstić information content (AvgIpc) is 2.68. The monoisotopic (exact) mass is 377 g/mol. The molecule has 0 unspecified atom stereocenters. The molecule has 0 amide bonds. The van der Waals surface area contributed by atoms with Crippen LogP contribution in [0.5, 0.6) is 0 Å². The van der Waals surface area contributed by atoms with Gasteiger partial charge >= 0.3 is 5.97 Å². The first-order chi connectivity index (χ1) is 13.5. The van der Waals surface area contributed by atoms with E-state index in [0.29, 0.717) is 35.2 Å². The van der Waals surface area contributed by atoms with Crippen molar-refractivity contribution in [3.8, 4) is 0 Å². The molecule has 0 fully saturated rings. The van der Waals surface area contributed by atoms with Crippen molar-refractivity contribution in [3.05, 3.63) is 65.5 Å². The number of anilines is 5. The minimum Gasteiger partial charge on any atom is -0.462 e. The summed E-state index contributed by atoms with van der Waals surface area (Å²) in [6.07, 6.45) is 1.43. The van der Waals surface area contributed by atoms with E-state index in [4.69, 9.17) is 10.5 Å². The second-order valence-electron chi connectivity index (χ2n) is 6.35. The fourth-order valence-corrected chi connectivity index (χ4v) is 2.67. The van der Waals surface area contributed by atoms with E-state index in [-0.39, 0.29) is 5.97 Å². The molecule has 0 saturated heterocycles. The van der Waals surface area contributed by atoms with E-state index >= 15 is 0 Å². The Morgan fingerprint density at radius 2 is 1.82 bits per heavy atom. The third-order valence-electron chi connectivity index (χ3n) is 4.17. The lowest BCUT2D eigenvalue weighted by Crippen LogP contribution is -2.07. The summed E-state index contributed by atoms with van der Waals surface area (Å²) in [4.78, 5) is 20.4. The van der Waals surface area contributed by atoms with E-state index in [0.717, 1.165) is 16.8 Å². The number of benzene rings is 2. The zero-order valence-electron chi connectivity index (χ0n) is 16.1. The Morgan fingerprint density at radius 1 is 1.07 bits per heavy atom. The first-order valence-electron chi connectivity index (χ1n) is 8.97. The number of rotatable bonds is 6. The Balaban J connectivity index is 1.85. The van der Waals surface area contributed by atoms with Crippen molar-refractivity contribution in [2.24, 2.45) is 0 Å². The molecule has 4 N–H and O–H groups in total. The van der Waals surface area contributed by atoms with Crippen molar-refractivity contribution >= 4 is 34.7 Å². The number of nitrogens with zero attached hydrogens (tertiary/aromatic N) is 2. The quantitative estimate of drug-likeness (QED) is 0.549.